The molecule has 0 unspecified atom stereocenters. The van der Waals surface area contributed by atoms with Gasteiger partial charge in [0, 0.05) is 12.8 Å². The molecule has 1 aliphatic carbocycles. The Kier molecular flexibility index (Phi) is 3.76. The van der Waals surface area contributed by atoms with Gasteiger partial charge in [0.2, 0.25) is 0 Å². The van der Waals surface area contributed by atoms with Crippen molar-refractivity contribution in [3.05, 3.63) is 35.7 Å². The molecule has 0 aliphatic heterocycles. The van der Waals surface area contributed by atoms with Crippen molar-refractivity contribution < 1.29 is 19.8 Å². The second-order valence-corrected chi connectivity index (χ2v) is 4.73. The van der Waals surface area contributed by atoms with Crippen molar-refractivity contribution in [2.24, 2.45) is 0 Å². The predicted molar refractivity (Wildman–Crippen MR) is 68.7 cm³/mol. The van der Waals surface area contributed by atoms with Crippen LogP contribution < -0.4 is 0 Å². The molecule has 0 aromatic carbocycles. The lowest BCUT2D eigenvalue weighted by Gasteiger charge is -2.28. The van der Waals surface area contributed by atoms with E-state index < -0.39 is 11.6 Å². The summed E-state index contributed by atoms with van der Waals surface area (Å²) in [5.74, 6) is -0.915. The minimum atomic E-state index is -1.09. The second-order valence-electron chi connectivity index (χ2n) is 4.73. The van der Waals surface area contributed by atoms with Gasteiger partial charge < -0.3 is 10.2 Å². The van der Waals surface area contributed by atoms with Gasteiger partial charge in [-0.25, -0.2) is 9.78 Å². The minimum Gasteiger partial charge on any atom is -0.477 e. The van der Waals surface area contributed by atoms with Crippen molar-refractivity contribution in [1.82, 2.24) is 4.98 Å². The van der Waals surface area contributed by atoms with Crippen molar-refractivity contribution in [3.63, 3.8) is 0 Å². The van der Waals surface area contributed by atoms with E-state index in [0.29, 0.717) is 31.4 Å². The molecule has 0 amide bonds. The van der Waals surface area contributed by atoms with Crippen LogP contribution in [0.3, 0.4) is 0 Å². The van der Waals surface area contributed by atoms with E-state index in [0.717, 1.165) is 0 Å². The number of aliphatic hydroxyl groups is 1. The quantitative estimate of drug-likeness (QED) is 0.864. The largest absolute Gasteiger partial charge is 0.477 e. The van der Waals surface area contributed by atoms with Crippen LogP contribution >= 0.6 is 0 Å². The average Bonchev–Trinajstić information content (AvgIpc) is 2.41. The minimum absolute atomic E-state index is 0.0343. The number of Topliss-reactive ketones (excluding diaryl/α,β-unsaturated/α-hetero) is 1. The Morgan fingerprint density at radius 1 is 1.32 bits per heavy atom. The number of aromatic nitrogens is 1. The van der Waals surface area contributed by atoms with Crippen LogP contribution in [-0.2, 0) is 4.79 Å². The summed E-state index contributed by atoms with van der Waals surface area (Å²) in [5, 5.41) is 19.1. The number of carboxylic acid groups (broad SMARTS) is 1. The Balaban J connectivity index is 2.12. The third-order valence-corrected chi connectivity index (χ3v) is 3.23. The third kappa shape index (κ3) is 3.48. The smallest absolute Gasteiger partial charge is 0.354 e. The number of aromatic carboxylic acids is 1. The molecule has 1 aliphatic rings. The predicted octanol–water partition coefficient (Wildman–Crippen LogP) is 1.67. The maximum absolute atomic E-state index is 11.1. The Hall–Kier alpha value is -2.01. The van der Waals surface area contributed by atoms with E-state index in [1.54, 1.807) is 24.3 Å². The van der Waals surface area contributed by atoms with Gasteiger partial charge in [-0.05, 0) is 31.1 Å². The molecule has 1 fully saturated rings. The zero-order valence-corrected chi connectivity index (χ0v) is 10.4. The topological polar surface area (TPSA) is 87.5 Å². The van der Waals surface area contributed by atoms with Crippen molar-refractivity contribution >= 4 is 17.8 Å². The fraction of sp³-hybridized carbons (Fsp3) is 0.357. The molecular formula is C14H15NO4. The monoisotopic (exact) mass is 261 g/mol. The number of hydrogen-bond donors (Lipinski definition) is 2. The van der Waals surface area contributed by atoms with Crippen LogP contribution in [-0.4, -0.2) is 32.6 Å². The summed E-state index contributed by atoms with van der Waals surface area (Å²) in [6.45, 7) is 0. The first-order valence-electron chi connectivity index (χ1n) is 6.12. The van der Waals surface area contributed by atoms with Crippen molar-refractivity contribution in [1.29, 1.82) is 0 Å². The maximum Gasteiger partial charge on any atom is 0.354 e. The van der Waals surface area contributed by atoms with Gasteiger partial charge in [0.05, 0.1) is 11.3 Å². The van der Waals surface area contributed by atoms with Gasteiger partial charge in [-0.15, -0.1) is 0 Å². The Labute approximate surface area is 110 Å². The molecule has 2 rings (SSSR count). The molecule has 1 aromatic heterocycles. The fourth-order valence-corrected chi connectivity index (χ4v) is 2.03. The number of carbonyl (C=O) groups is 2. The van der Waals surface area contributed by atoms with Gasteiger partial charge in [-0.1, -0.05) is 12.1 Å². The van der Waals surface area contributed by atoms with Crippen molar-refractivity contribution in [3.8, 4) is 0 Å². The Morgan fingerprint density at radius 3 is 2.63 bits per heavy atom. The van der Waals surface area contributed by atoms with Gasteiger partial charge in [-0.3, -0.25) is 4.79 Å². The van der Waals surface area contributed by atoms with Crippen LogP contribution in [0.15, 0.2) is 24.3 Å². The number of nitrogens with zero attached hydrogens (tertiary/aromatic N) is 1. The number of carbonyl (C=O) groups excluding carboxylic acids is 1. The van der Waals surface area contributed by atoms with Gasteiger partial charge in [0.1, 0.15) is 11.5 Å². The summed E-state index contributed by atoms with van der Waals surface area (Å²) in [6.07, 6.45) is 4.77. The molecular weight excluding hydrogens is 246 g/mol. The van der Waals surface area contributed by atoms with Gasteiger partial charge in [-0.2, -0.15) is 0 Å². The molecule has 19 heavy (non-hydrogen) atoms. The van der Waals surface area contributed by atoms with Crippen LogP contribution in [0.25, 0.3) is 6.08 Å². The average molecular weight is 261 g/mol. The summed E-state index contributed by atoms with van der Waals surface area (Å²) in [7, 11) is 0. The first-order valence-corrected chi connectivity index (χ1v) is 6.12. The second kappa shape index (κ2) is 5.32. The van der Waals surface area contributed by atoms with Gasteiger partial charge >= 0.3 is 5.97 Å². The van der Waals surface area contributed by atoms with E-state index in [4.69, 9.17) is 5.11 Å². The van der Waals surface area contributed by atoms with E-state index >= 15 is 0 Å². The molecule has 1 aromatic rings. The van der Waals surface area contributed by atoms with Crippen LogP contribution in [0.5, 0.6) is 0 Å². The van der Waals surface area contributed by atoms with Crippen LogP contribution in [0.4, 0.5) is 0 Å². The molecule has 2 N–H and O–H groups in total. The zero-order valence-electron chi connectivity index (χ0n) is 10.4. The molecule has 1 heterocycles. The third-order valence-electron chi connectivity index (χ3n) is 3.23. The highest BCUT2D eigenvalue weighted by Crippen LogP contribution is 2.27. The van der Waals surface area contributed by atoms with Gasteiger partial charge in [0.15, 0.2) is 0 Å². The van der Waals surface area contributed by atoms with E-state index in [2.05, 4.69) is 4.98 Å². The highest BCUT2D eigenvalue weighted by molar-refractivity contribution is 5.85. The Morgan fingerprint density at radius 2 is 2.00 bits per heavy atom. The summed E-state index contributed by atoms with van der Waals surface area (Å²) in [5.41, 5.74) is -0.548. The summed E-state index contributed by atoms with van der Waals surface area (Å²) in [6, 6.07) is 4.68. The standard InChI is InChI=1S/C14H15NO4/c16-11-5-8-14(19,9-6-11)7-4-10-2-1-3-12(15-10)13(17)18/h1-4,7,19H,5-6,8-9H2,(H,17,18)/b7-4+. The van der Waals surface area contributed by atoms with E-state index in [1.165, 1.54) is 6.07 Å². The summed E-state index contributed by atoms with van der Waals surface area (Å²) >= 11 is 0. The highest BCUT2D eigenvalue weighted by atomic mass is 16.4. The summed E-state index contributed by atoms with van der Waals surface area (Å²) in [4.78, 5) is 25.9. The number of hydrogen-bond acceptors (Lipinski definition) is 4. The molecule has 0 bridgehead atoms. The lowest BCUT2D eigenvalue weighted by Crippen LogP contribution is -2.31. The van der Waals surface area contributed by atoms with Crippen LogP contribution in [0, 0.1) is 0 Å². The lowest BCUT2D eigenvalue weighted by molar-refractivity contribution is -0.123. The lowest BCUT2D eigenvalue weighted by atomic mass is 9.84. The molecule has 100 valence electrons. The molecule has 5 heteroatoms. The van der Waals surface area contributed by atoms with Crippen molar-refractivity contribution in [2.45, 2.75) is 31.3 Å². The zero-order chi connectivity index (χ0) is 13.9. The maximum atomic E-state index is 11.1. The number of rotatable bonds is 3. The molecule has 0 radical (unpaired) electrons. The molecule has 0 saturated heterocycles. The van der Waals surface area contributed by atoms with Gasteiger partial charge in [0.25, 0.3) is 0 Å². The van der Waals surface area contributed by atoms with E-state index in [1.807, 2.05) is 0 Å². The summed E-state index contributed by atoms with van der Waals surface area (Å²) < 4.78 is 0. The normalized spacial score (nSPS) is 18.7. The molecule has 0 atom stereocenters. The number of pyridine rings is 1. The first kappa shape index (κ1) is 13.4. The van der Waals surface area contributed by atoms with E-state index in [-0.39, 0.29) is 11.5 Å². The van der Waals surface area contributed by atoms with E-state index in [9.17, 15) is 14.7 Å². The highest BCUT2D eigenvalue weighted by Gasteiger charge is 2.29. The van der Waals surface area contributed by atoms with Crippen LogP contribution in [0.1, 0.15) is 41.9 Å². The number of ketones is 1. The van der Waals surface area contributed by atoms with Crippen LogP contribution in [0.2, 0.25) is 0 Å². The van der Waals surface area contributed by atoms with Crippen molar-refractivity contribution in [2.75, 3.05) is 0 Å². The molecule has 5 nitrogen and oxygen atoms in total. The first-order chi connectivity index (χ1) is 8.98. The number of carboxylic acids is 1. The fourth-order valence-electron chi connectivity index (χ4n) is 2.03. The SMILES string of the molecule is O=C1CCC(O)(/C=C/c2cccc(C(=O)O)n2)CC1. The molecule has 0 spiro atoms. The Bertz CT molecular complexity index is 526. The molecule has 1 saturated carbocycles.